The molecular formula is C16H15Cl2F3N2O2. The molecule has 1 heterocycles. The smallest absolute Gasteiger partial charge is 0.416 e. The van der Waals surface area contributed by atoms with E-state index in [4.69, 9.17) is 34.0 Å². The average molecular weight is 395 g/mol. The van der Waals surface area contributed by atoms with Gasteiger partial charge < -0.3 is 15.4 Å². The summed E-state index contributed by atoms with van der Waals surface area (Å²) in [5, 5.41) is 8.56. The number of hydrogen-bond acceptors (Lipinski definition) is 2. The Labute approximate surface area is 151 Å². The third-order valence-corrected chi connectivity index (χ3v) is 4.41. The number of nitrogens with two attached hydrogens (primary N) is 1. The Balaban J connectivity index is 2.60. The maximum Gasteiger partial charge on any atom is 0.416 e. The van der Waals surface area contributed by atoms with Crippen LogP contribution in [0.5, 0.6) is 0 Å². The molecule has 4 nitrogen and oxygen atoms in total. The van der Waals surface area contributed by atoms with Crippen LogP contribution in [0.15, 0.2) is 18.2 Å². The van der Waals surface area contributed by atoms with Crippen LogP contribution >= 0.6 is 23.2 Å². The summed E-state index contributed by atoms with van der Waals surface area (Å²) in [5.74, 6) is -1.05. The summed E-state index contributed by atoms with van der Waals surface area (Å²) in [6.07, 6.45) is -4.85. The number of aliphatic carboxylic acids is 1. The first-order valence-corrected chi connectivity index (χ1v) is 7.92. The van der Waals surface area contributed by atoms with Gasteiger partial charge in [-0.2, -0.15) is 13.2 Å². The summed E-state index contributed by atoms with van der Waals surface area (Å²) in [6, 6.07) is 2.52. The Hall–Kier alpha value is -1.70. The van der Waals surface area contributed by atoms with Crippen LogP contribution in [0, 0.1) is 13.8 Å². The molecule has 2 rings (SSSR count). The number of rotatable bonds is 4. The number of benzene rings is 1. The lowest BCUT2D eigenvalue weighted by molar-refractivity contribution is -0.138. The van der Waals surface area contributed by atoms with Crippen molar-refractivity contribution in [2.75, 3.05) is 0 Å². The molecule has 0 saturated heterocycles. The minimum atomic E-state index is -4.57. The van der Waals surface area contributed by atoms with Crippen LogP contribution in [-0.4, -0.2) is 15.6 Å². The highest BCUT2D eigenvalue weighted by atomic mass is 35.5. The number of carboxylic acid groups (broad SMARTS) is 1. The third-order valence-electron chi connectivity index (χ3n) is 3.83. The highest BCUT2D eigenvalue weighted by molar-refractivity contribution is 6.38. The van der Waals surface area contributed by atoms with E-state index < -0.39 is 23.8 Å². The summed E-state index contributed by atoms with van der Waals surface area (Å²) in [6.45, 7) is 3.38. The fourth-order valence-electron chi connectivity index (χ4n) is 2.75. The maximum absolute atomic E-state index is 12.9. The molecule has 1 unspecified atom stereocenters. The van der Waals surface area contributed by atoms with Crippen LogP contribution in [-0.2, 0) is 11.0 Å². The molecule has 1 atom stereocenters. The second-order valence-corrected chi connectivity index (χ2v) is 6.47. The minimum absolute atomic E-state index is 0.167. The number of hydrogen-bond donors (Lipinski definition) is 2. The van der Waals surface area contributed by atoms with Crippen molar-refractivity contribution in [2.45, 2.75) is 32.5 Å². The Morgan fingerprint density at radius 3 is 2.20 bits per heavy atom. The Morgan fingerprint density at radius 1 is 1.24 bits per heavy atom. The average Bonchev–Trinajstić information content (AvgIpc) is 2.73. The molecule has 2 aromatic rings. The highest BCUT2D eigenvalue weighted by Crippen LogP contribution is 2.39. The van der Waals surface area contributed by atoms with E-state index in [0.717, 1.165) is 12.1 Å². The van der Waals surface area contributed by atoms with Gasteiger partial charge in [-0.15, -0.1) is 0 Å². The number of nitrogens with zero attached hydrogens (tertiary/aromatic N) is 1. The van der Waals surface area contributed by atoms with Crippen molar-refractivity contribution in [1.82, 2.24) is 4.57 Å². The topological polar surface area (TPSA) is 68.2 Å². The first kappa shape index (κ1) is 19.6. The van der Waals surface area contributed by atoms with Crippen molar-refractivity contribution in [3.05, 3.63) is 50.8 Å². The fourth-order valence-corrected chi connectivity index (χ4v) is 3.40. The molecule has 0 amide bonds. The van der Waals surface area contributed by atoms with Crippen molar-refractivity contribution < 1.29 is 23.1 Å². The third kappa shape index (κ3) is 3.94. The molecule has 0 aliphatic rings. The minimum Gasteiger partial charge on any atom is -0.481 e. The Morgan fingerprint density at radius 2 is 1.76 bits per heavy atom. The lowest BCUT2D eigenvalue weighted by Crippen LogP contribution is -2.16. The van der Waals surface area contributed by atoms with Gasteiger partial charge in [0.1, 0.15) is 0 Å². The number of alkyl halides is 3. The van der Waals surface area contributed by atoms with Gasteiger partial charge in [-0.25, -0.2) is 0 Å². The van der Waals surface area contributed by atoms with Crippen molar-refractivity contribution in [3.63, 3.8) is 0 Å². The van der Waals surface area contributed by atoms with E-state index in [1.807, 2.05) is 0 Å². The monoisotopic (exact) mass is 394 g/mol. The molecule has 0 fully saturated rings. The van der Waals surface area contributed by atoms with Crippen LogP contribution in [0.3, 0.4) is 0 Å². The Kier molecular flexibility index (Phi) is 5.41. The maximum atomic E-state index is 12.9. The zero-order valence-electron chi connectivity index (χ0n) is 13.3. The second kappa shape index (κ2) is 6.90. The van der Waals surface area contributed by atoms with E-state index >= 15 is 0 Å². The number of aryl methyl sites for hydroxylation is 1. The zero-order chi connectivity index (χ0) is 19.1. The quantitative estimate of drug-likeness (QED) is 0.774. The van der Waals surface area contributed by atoms with Gasteiger partial charge in [-0.3, -0.25) is 4.79 Å². The number of carboxylic acids is 1. The predicted octanol–water partition coefficient (Wildman–Crippen LogP) is 4.89. The van der Waals surface area contributed by atoms with Crippen molar-refractivity contribution in [1.29, 1.82) is 0 Å². The van der Waals surface area contributed by atoms with Gasteiger partial charge >= 0.3 is 12.1 Å². The first-order chi connectivity index (χ1) is 11.4. The molecule has 0 radical (unpaired) electrons. The molecule has 0 bridgehead atoms. The van der Waals surface area contributed by atoms with Gasteiger partial charge in [0, 0.05) is 17.4 Å². The molecule has 0 aliphatic heterocycles. The molecule has 3 N–H and O–H groups in total. The SMILES string of the molecule is Cc1cc(C(N)CC(=O)O)c(C)n1-c1c(Cl)cc(C(F)(F)F)cc1Cl. The van der Waals surface area contributed by atoms with E-state index in [0.29, 0.717) is 17.0 Å². The van der Waals surface area contributed by atoms with E-state index in [-0.39, 0.29) is 22.2 Å². The van der Waals surface area contributed by atoms with E-state index in [1.54, 1.807) is 24.5 Å². The van der Waals surface area contributed by atoms with Crippen LogP contribution < -0.4 is 5.73 Å². The number of aromatic nitrogens is 1. The lowest BCUT2D eigenvalue weighted by Gasteiger charge is -2.17. The van der Waals surface area contributed by atoms with Gasteiger partial charge in [0.05, 0.1) is 27.7 Å². The standard InChI is InChI=1S/C16H15Cl2F3N2O2/c1-7-3-10(13(22)6-14(24)25)8(2)23(7)15-11(17)4-9(5-12(15)18)16(19,20)21/h3-5,13H,6,22H2,1-2H3,(H,24,25). The van der Waals surface area contributed by atoms with Gasteiger partial charge in [-0.1, -0.05) is 23.2 Å². The summed E-state index contributed by atoms with van der Waals surface area (Å²) in [7, 11) is 0. The molecule has 1 aromatic carbocycles. The summed E-state index contributed by atoms with van der Waals surface area (Å²) < 4.78 is 40.2. The zero-order valence-corrected chi connectivity index (χ0v) is 14.8. The summed E-state index contributed by atoms with van der Waals surface area (Å²) >= 11 is 12.1. The molecule has 25 heavy (non-hydrogen) atoms. The van der Waals surface area contributed by atoms with E-state index in [9.17, 15) is 18.0 Å². The number of carbonyl (C=O) groups is 1. The molecule has 1 aromatic heterocycles. The van der Waals surface area contributed by atoms with Gasteiger partial charge in [0.15, 0.2) is 0 Å². The van der Waals surface area contributed by atoms with Crippen molar-refractivity contribution >= 4 is 29.2 Å². The fraction of sp³-hybridized carbons (Fsp3) is 0.312. The molecule has 9 heteroatoms. The highest BCUT2D eigenvalue weighted by Gasteiger charge is 2.32. The van der Waals surface area contributed by atoms with Gasteiger partial charge in [0.25, 0.3) is 0 Å². The van der Waals surface area contributed by atoms with E-state index in [2.05, 4.69) is 0 Å². The summed E-state index contributed by atoms with van der Waals surface area (Å²) in [4.78, 5) is 10.9. The molecule has 0 saturated carbocycles. The predicted molar refractivity (Wildman–Crippen MR) is 89.4 cm³/mol. The molecule has 136 valence electrons. The van der Waals surface area contributed by atoms with Gasteiger partial charge in [-0.05, 0) is 37.6 Å². The number of halogens is 5. The Bertz CT molecular complexity index is 809. The van der Waals surface area contributed by atoms with Crippen LogP contribution in [0.25, 0.3) is 5.69 Å². The second-order valence-electron chi connectivity index (χ2n) is 5.65. The van der Waals surface area contributed by atoms with E-state index in [1.165, 1.54) is 0 Å². The van der Waals surface area contributed by atoms with Crippen LogP contribution in [0.2, 0.25) is 10.0 Å². The van der Waals surface area contributed by atoms with Crippen LogP contribution in [0.4, 0.5) is 13.2 Å². The lowest BCUT2D eigenvalue weighted by atomic mass is 10.1. The molecule has 0 spiro atoms. The largest absolute Gasteiger partial charge is 0.481 e. The van der Waals surface area contributed by atoms with Gasteiger partial charge in [0.2, 0.25) is 0 Å². The summed E-state index contributed by atoms with van der Waals surface area (Å²) in [5.41, 5.74) is 6.90. The first-order valence-electron chi connectivity index (χ1n) is 7.16. The van der Waals surface area contributed by atoms with Crippen LogP contribution in [0.1, 0.15) is 35.0 Å². The molecular weight excluding hydrogens is 380 g/mol. The molecule has 0 aliphatic carbocycles. The van der Waals surface area contributed by atoms with Crippen molar-refractivity contribution in [2.24, 2.45) is 5.73 Å². The normalized spacial score (nSPS) is 13.1. The van der Waals surface area contributed by atoms with Crippen molar-refractivity contribution in [3.8, 4) is 5.69 Å².